The summed E-state index contributed by atoms with van der Waals surface area (Å²) in [4.78, 5) is 16.2. The third kappa shape index (κ3) is 1.45. The predicted octanol–water partition coefficient (Wildman–Crippen LogP) is 2.06. The van der Waals surface area contributed by atoms with E-state index in [9.17, 15) is 4.79 Å². The van der Waals surface area contributed by atoms with Crippen LogP contribution in [0, 0.1) is 0 Å². The fourth-order valence-electron chi connectivity index (χ4n) is 1.71. The van der Waals surface area contributed by atoms with Gasteiger partial charge in [-0.05, 0) is 12.1 Å². The second-order valence-corrected chi connectivity index (χ2v) is 4.38. The van der Waals surface area contributed by atoms with E-state index in [1.807, 2.05) is 39.0 Å². The molecule has 0 aliphatic carbocycles. The molecule has 0 radical (unpaired) electrons. The van der Waals surface area contributed by atoms with Crippen LogP contribution in [0.1, 0.15) is 16.2 Å². The summed E-state index contributed by atoms with van der Waals surface area (Å²) in [6, 6.07) is 3.66. The number of rotatable bonds is 3. The van der Waals surface area contributed by atoms with Crippen LogP contribution in [-0.2, 0) is 6.54 Å². The zero-order valence-electron chi connectivity index (χ0n) is 8.41. The minimum Gasteiger partial charge on any atom is -0.339 e. The van der Waals surface area contributed by atoms with E-state index in [4.69, 9.17) is 0 Å². The van der Waals surface area contributed by atoms with Gasteiger partial charge in [0, 0.05) is 24.0 Å². The van der Waals surface area contributed by atoms with Gasteiger partial charge >= 0.3 is 0 Å². The minimum absolute atomic E-state index is 0.634. The molecule has 80 valence electrons. The SMILES string of the molecule is O=Cc1cccn1Cc1cn2ccsc2n1. The highest BCUT2D eigenvalue weighted by Crippen LogP contribution is 2.13. The van der Waals surface area contributed by atoms with Crippen molar-refractivity contribution in [1.82, 2.24) is 14.0 Å². The molecule has 0 bridgehead atoms. The van der Waals surface area contributed by atoms with E-state index in [1.165, 1.54) is 0 Å². The maximum atomic E-state index is 10.8. The molecule has 4 nitrogen and oxygen atoms in total. The molecule has 0 aromatic carbocycles. The fourth-order valence-corrected chi connectivity index (χ4v) is 2.42. The molecule has 3 aromatic heterocycles. The van der Waals surface area contributed by atoms with E-state index in [0.29, 0.717) is 12.2 Å². The molecule has 0 atom stereocenters. The lowest BCUT2D eigenvalue weighted by molar-refractivity contribution is 0.111. The molecule has 0 saturated heterocycles. The highest BCUT2D eigenvalue weighted by atomic mass is 32.1. The highest BCUT2D eigenvalue weighted by molar-refractivity contribution is 7.15. The van der Waals surface area contributed by atoms with E-state index in [2.05, 4.69) is 4.98 Å². The minimum atomic E-state index is 0.634. The molecule has 3 heterocycles. The molecule has 0 saturated carbocycles. The molecule has 0 fully saturated rings. The Bertz CT molecular complexity index is 606. The first-order valence-corrected chi connectivity index (χ1v) is 5.76. The van der Waals surface area contributed by atoms with Gasteiger partial charge in [-0.25, -0.2) is 4.98 Å². The van der Waals surface area contributed by atoms with Gasteiger partial charge in [-0.3, -0.25) is 9.20 Å². The third-order valence-electron chi connectivity index (χ3n) is 2.46. The van der Waals surface area contributed by atoms with Crippen LogP contribution in [0.15, 0.2) is 36.1 Å². The average Bonchev–Trinajstić information content (AvgIpc) is 2.92. The van der Waals surface area contributed by atoms with E-state index in [0.717, 1.165) is 16.9 Å². The Kier molecular flexibility index (Phi) is 2.11. The summed E-state index contributed by atoms with van der Waals surface area (Å²) in [7, 11) is 0. The number of carbonyl (C=O) groups excluding carboxylic acids is 1. The molecule has 16 heavy (non-hydrogen) atoms. The summed E-state index contributed by atoms with van der Waals surface area (Å²) >= 11 is 1.60. The van der Waals surface area contributed by atoms with Gasteiger partial charge in [0.25, 0.3) is 0 Å². The van der Waals surface area contributed by atoms with Crippen molar-refractivity contribution >= 4 is 22.6 Å². The van der Waals surface area contributed by atoms with Crippen molar-refractivity contribution in [2.75, 3.05) is 0 Å². The van der Waals surface area contributed by atoms with Gasteiger partial charge in [0.05, 0.1) is 17.9 Å². The summed E-state index contributed by atoms with van der Waals surface area (Å²) in [5, 5.41) is 2.00. The Labute approximate surface area is 95.8 Å². The van der Waals surface area contributed by atoms with E-state index in [-0.39, 0.29) is 0 Å². The largest absolute Gasteiger partial charge is 0.339 e. The van der Waals surface area contributed by atoms with Crippen LogP contribution in [0.25, 0.3) is 4.96 Å². The molecular weight excluding hydrogens is 222 g/mol. The Morgan fingerprint density at radius 3 is 3.19 bits per heavy atom. The van der Waals surface area contributed by atoms with Gasteiger partial charge < -0.3 is 4.57 Å². The van der Waals surface area contributed by atoms with Crippen LogP contribution in [0.3, 0.4) is 0 Å². The second kappa shape index (κ2) is 3.61. The first-order chi connectivity index (χ1) is 7.86. The summed E-state index contributed by atoms with van der Waals surface area (Å²) in [6.45, 7) is 0.634. The van der Waals surface area contributed by atoms with Crippen molar-refractivity contribution in [2.45, 2.75) is 6.54 Å². The highest BCUT2D eigenvalue weighted by Gasteiger charge is 2.05. The molecule has 0 unspecified atom stereocenters. The Balaban J connectivity index is 1.95. The van der Waals surface area contributed by atoms with Gasteiger partial charge in [0.15, 0.2) is 11.2 Å². The summed E-state index contributed by atoms with van der Waals surface area (Å²) in [5.41, 5.74) is 1.64. The van der Waals surface area contributed by atoms with Crippen molar-refractivity contribution in [3.63, 3.8) is 0 Å². The first-order valence-electron chi connectivity index (χ1n) is 4.88. The zero-order valence-corrected chi connectivity index (χ0v) is 9.22. The Hall–Kier alpha value is -1.88. The molecule has 5 heteroatoms. The first kappa shape index (κ1) is 9.35. The second-order valence-electron chi connectivity index (χ2n) is 3.50. The smallest absolute Gasteiger partial charge is 0.193 e. The predicted molar refractivity (Wildman–Crippen MR) is 62.0 cm³/mol. The van der Waals surface area contributed by atoms with Gasteiger partial charge in [0.1, 0.15) is 0 Å². The van der Waals surface area contributed by atoms with Crippen LogP contribution in [0.5, 0.6) is 0 Å². The van der Waals surface area contributed by atoms with Crippen LogP contribution < -0.4 is 0 Å². The number of aromatic nitrogens is 3. The van der Waals surface area contributed by atoms with Crippen LogP contribution >= 0.6 is 11.3 Å². The van der Waals surface area contributed by atoms with Gasteiger partial charge in [-0.1, -0.05) is 0 Å². The number of hydrogen-bond donors (Lipinski definition) is 0. The number of thiazole rings is 1. The Morgan fingerprint density at radius 1 is 1.44 bits per heavy atom. The van der Waals surface area contributed by atoms with Crippen LogP contribution in [0.2, 0.25) is 0 Å². The van der Waals surface area contributed by atoms with Gasteiger partial charge in [-0.15, -0.1) is 11.3 Å². The normalized spacial score (nSPS) is 11.0. The topological polar surface area (TPSA) is 39.3 Å². The lowest BCUT2D eigenvalue weighted by Gasteiger charge is -2.01. The number of imidazole rings is 1. The van der Waals surface area contributed by atoms with Gasteiger partial charge in [-0.2, -0.15) is 0 Å². The number of fused-ring (bicyclic) bond motifs is 1. The summed E-state index contributed by atoms with van der Waals surface area (Å²) in [6.07, 6.45) is 6.71. The maximum Gasteiger partial charge on any atom is 0.193 e. The molecule has 0 spiro atoms. The van der Waals surface area contributed by atoms with Crippen LogP contribution in [-0.4, -0.2) is 20.2 Å². The van der Waals surface area contributed by atoms with E-state index < -0.39 is 0 Å². The van der Waals surface area contributed by atoms with Crippen molar-refractivity contribution in [3.8, 4) is 0 Å². The monoisotopic (exact) mass is 231 g/mol. The van der Waals surface area contributed by atoms with E-state index >= 15 is 0 Å². The standard InChI is InChI=1S/C11H9N3OS/c15-8-10-2-1-3-13(10)6-9-7-14-4-5-16-11(14)12-9/h1-5,7-8H,6H2. The number of hydrogen-bond acceptors (Lipinski definition) is 3. The number of nitrogens with zero attached hydrogens (tertiary/aromatic N) is 3. The molecule has 0 N–H and O–H groups in total. The molecule has 0 aliphatic rings. The van der Waals surface area contributed by atoms with Crippen molar-refractivity contribution < 1.29 is 4.79 Å². The summed E-state index contributed by atoms with van der Waals surface area (Å²) < 4.78 is 3.88. The lowest BCUT2D eigenvalue weighted by atomic mass is 10.4. The van der Waals surface area contributed by atoms with Crippen molar-refractivity contribution in [1.29, 1.82) is 0 Å². The zero-order chi connectivity index (χ0) is 11.0. The average molecular weight is 231 g/mol. The molecule has 0 amide bonds. The lowest BCUT2D eigenvalue weighted by Crippen LogP contribution is -2.02. The van der Waals surface area contributed by atoms with E-state index in [1.54, 1.807) is 17.4 Å². The maximum absolute atomic E-state index is 10.8. The molecular formula is C11H9N3OS. The van der Waals surface area contributed by atoms with Crippen LogP contribution in [0.4, 0.5) is 0 Å². The molecule has 0 aliphatic heterocycles. The Morgan fingerprint density at radius 2 is 2.38 bits per heavy atom. The van der Waals surface area contributed by atoms with Crippen molar-refractivity contribution in [2.24, 2.45) is 0 Å². The molecule has 3 aromatic rings. The molecule has 3 rings (SSSR count). The fraction of sp³-hybridized carbons (Fsp3) is 0.0909. The van der Waals surface area contributed by atoms with Gasteiger partial charge in [0.2, 0.25) is 0 Å². The quantitative estimate of drug-likeness (QED) is 0.647. The number of aldehydes is 1. The number of carbonyl (C=O) groups is 1. The summed E-state index contributed by atoms with van der Waals surface area (Å²) in [5.74, 6) is 0. The van der Waals surface area contributed by atoms with Crippen molar-refractivity contribution in [3.05, 3.63) is 47.5 Å². The third-order valence-corrected chi connectivity index (χ3v) is 3.23.